The largest absolute Gasteiger partial charge is 0.380 e. The van der Waals surface area contributed by atoms with Crippen molar-refractivity contribution < 1.29 is 4.74 Å². The molecule has 0 bridgehead atoms. The molecule has 0 radical (unpaired) electrons. The Labute approximate surface area is 85.1 Å². The van der Waals surface area contributed by atoms with E-state index in [1.165, 1.54) is 30.7 Å². The van der Waals surface area contributed by atoms with Crippen molar-refractivity contribution in [3.63, 3.8) is 0 Å². The van der Waals surface area contributed by atoms with Crippen molar-refractivity contribution in [2.45, 2.75) is 45.3 Å². The zero-order chi connectivity index (χ0) is 9.97. The average molecular weight is 194 g/mol. The first-order valence-electron chi connectivity index (χ1n) is 5.37. The maximum Gasteiger partial charge on any atom is 0.0952 e. The SMILES string of the molecule is COC(C)Cn1cnc2c1CCCC2. The number of ether oxygens (including phenoxy) is 1. The molecule has 0 saturated carbocycles. The van der Waals surface area contributed by atoms with E-state index in [0.29, 0.717) is 0 Å². The van der Waals surface area contributed by atoms with E-state index in [0.717, 1.165) is 13.0 Å². The molecule has 2 rings (SSSR count). The summed E-state index contributed by atoms with van der Waals surface area (Å²) in [6.45, 7) is 3.02. The van der Waals surface area contributed by atoms with Crippen molar-refractivity contribution in [2.24, 2.45) is 0 Å². The molecule has 1 aromatic rings. The first-order valence-corrected chi connectivity index (χ1v) is 5.37. The molecular formula is C11H18N2O. The maximum atomic E-state index is 5.27. The number of rotatable bonds is 3. The molecule has 0 saturated heterocycles. The van der Waals surface area contributed by atoms with Crippen LogP contribution in [-0.4, -0.2) is 22.8 Å². The van der Waals surface area contributed by atoms with Gasteiger partial charge in [0.1, 0.15) is 0 Å². The summed E-state index contributed by atoms with van der Waals surface area (Å²) in [5, 5.41) is 0. The van der Waals surface area contributed by atoms with Crippen LogP contribution in [0.3, 0.4) is 0 Å². The molecule has 3 heteroatoms. The molecule has 78 valence electrons. The van der Waals surface area contributed by atoms with Gasteiger partial charge in [-0.15, -0.1) is 0 Å². The highest BCUT2D eigenvalue weighted by Gasteiger charge is 2.15. The molecule has 0 N–H and O–H groups in total. The van der Waals surface area contributed by atoms with Gasteiger partial charge < -0.3 is 9.30 Å². The lowest BCUT2D eigenvalue weighted by molar-refractivity contribution is 0.102. The third kappa shape index (κ3) is 1.82. The Balaban J connectivity index is 2.14. The van der Waals surface area contributed by atoms with Gasteiger partial charge in [0.15, 0.2) is 0 Å². The number of hydrogen-bond donors (Lipinski definition) is 0. The van der Waals surface area contributed by atoms with E-state index in [1.807, 2.05) is 6.33 Å². The standard InChI is InChI=1S/C11H18N2O/c1-9(14-2)7-13-8-12-10-5-3-4-6-11(10)13/h8-9H,3-7H2,1-2H3. The Morgan fingerprint density at radius 3 is 3.07 bits per heavy atom. The fourth-order valence-electron chi connectivity index (χ4n) is 2.04. The molecule has 1 aliphatic rings. The second-order valence-corrected chi connectivity index (χ2v) is 4.04. The number of aromatic nitrogens is 2. The van der Waals surface area contributed by atoms with Crippen LogP contribution < -0.4 is 0 Å². The summed E-state index contributed by atoms with van der Waals surface area (Å²) in [6, 6.07) is 0. The lowest BCUT2D eigenvalue weighted by atomic mass is 10.0. The van der Waals surface area contributed by atoms with E-state index >= 15 is 0 Å². The zero-order valence-electron chi connectivity index (χ0n) is 8.99. The highest BCUT2D eigenvalue weighted by atomic mass is 16.5. The van der Waals surface area contributed by atoms with Crippen LogP contribution in [0.4, 0.5) is 0 Å². The highest BCUT2D eigenvalue weighted by molar-refractivity contribution is 5.16. The second kappa shape index (κ2) is 4.13. The van der Waals surface area contributed by atoms with E-state index < -0.39 is 0 Å². The van der Waals surface area contributed by atoms with Crippen molar-refractivity contribution in [1.82, 2.24) is 9.55 Å². The molecular weight excluding hydrogens is 176 g/mol. The fraction of sp³-hybridized carbons (Fsp3) is 0.727. The average Bonchev–Trinajstić information content (AvgIpc) is 2.62. The summed E-state index contributed by atoms with van der Waals surface area (Å²) in [5.41, 5.74) is 2.74. The number of hydrogen-bond acceptors (Lipinski definition) is 2. The van der Waals surface area contributed by atoms with Crippen molar-refractivity contribution in [3.8, 4) is 0 Å². The number of methoxy groups -OCH3 is 1. The lowest BCUT2D eigenvalue weighted by Gasteiger charge is -2.16. The molecule has 14 heavy (non-hydrogen) atoms. The van der Waals surface area contributed by atoms with Gasteiger partial charge in [-0.25, -0.2) is 4.98 Å². The van der Waals surface area contributed by atoms with Gasteiger partial charge in [-0.1, -0.05) is 0 Å². The first kappa shape index (κ1) is 9.71. The molecule has 1 heterocycles. The number of aryl methyl sites for hydroxylation is 1. The van der Waals surface area contributed by atoms with E-state index in [4.69, 9.17) is 4.74 Å². The third-order valence-electron chi connectivity index (χ3n) is 2.97. The Hall–Kier alpha value is -0.830. The van der Waals surface area contributed by atoms with Crippen LogP contribution in [0.1, 0.15) is 31.2 Å². The minimum Gasteiger partial charge on any atom is -0.380 e. The Kier molecular flexibility index (Phi) is 2.87. The molecule has 3 nitrogen and oxygen atoms in total. The predicted molar refractivity (Wildman–Crippen MR) is 55.3 cm³/mol. The van der Waals surface area contributed by atoms with Crippen LogP contribution in [0.25, 0.3) is 0 Å². The fourth-order valence-corrected chi connectivity index (χ4v) is 2.04. The smallest absolute Gasteiger partial charge is 0.0952 e. The lowest BCUT2D eigenvalue weighted by Crippen LogP contribution is -2.17. The van der Waals surface area contributed by atoms with Crippen LogP contribution in [0.15, 0.2) is 6.33 Å². The Bertz CT molecular complexity index is 306. The topological polar surface area (TPSA) is 27.1 Å². The van der Waals surface area contributed by atoms with Gasteiger partial charge in [-0.05, 0) is 32.6 Å². The number of imidazole rings is 1. The van der Waals surface area contributed by atoms with E-state index in [2.05, 4.69) is 16.5 Å². The van der Waals surface area contributed by atoms with E-state index in [-0.39, 0.29) is 6.10 Å². The summed E-state index contributed by atoms with van der Waals surface area (Å²) in [5.74, 6) is 0. The molecule has 1 aliphatic carbocycles. The summed E-state index contributed by atoms with van der Waals surface area (Å²) in [4.78, 5) is 4.45. The van der Waals surface area contributed by atoms with Gasteiger partial charge in [0.25, 0.3) is 0 Å². The van der Waals surface area contributed by atoms with Gasteiger partial charge in [-0.3, -0.25) is 0 Å². The maximum absolute atomic E-state index is 5.27. The van der Waals surface area contributed by atoms with Crippen molar-refractivity contribution in [2.75, 3.05) is 7.11 Å². The first-order chi connectivity index (χ1) is 6.81. The monoisotopic (exact) mass is 194 g/mol. The summed E-state index contributed by atoms with van der Waals surface area (Å²) < 4.78 is 7.52. The third-order valence-corrected chi connectivity index (χ3v) is 2.97. The van der Waals surface area contributed by atoms with Crippen LogP contribution in [0.2, 0.25) is 0 Å². The van der Waals surface area contributed by atoms with Crippen LogP contribution in [0.5, 0.6) is 0 Å². The minimum atomic E-state index is 0.273. The Morgan fingerprint density at radius 2 is 2.29 bits per heavy atom. The second-order valence-electron chi connectivity index (χ2n) is 4.04. The molecule has 1 unspecified atom stereocenters. The number of fused-ring (bicyclic) bond motifs is 1. The van der Waals surface area contributed by atoms with Gasteiger partial charge in [-0.2, -0.15) is 0 Å². The van der Waals surface area contributed by atoms with Crippen LogP contribution >= 0.6 is 0 Å². The van der Waals surface area contributed by atoms with Crippen molar-refractivity contribution >= 4 is 0 Å². The summed E-state index contributed by atoms with van der Waals surface area (Å²) >= 11 is 0. The van der Waals surface area contributed by atoms with Crippen LogP contribution in [-0.2, 0) is 24.1 Å². The summed E-state index contributed by atoms with van der Waals surface area (Å²) in [7, 11) is 1.76. The molecule has 0 aliphatic heterocycles. The van der Waals surface area contributed by atoms with Crippen LogP contribution in [0, 0.1) is 0 Å². The predicted octanol–water partition coefficient (Wildman–Crippen LogP) is 1.80. The number of nitrogens with zero attached hydrogens (tertiary/aromatic N) is 2. The minimum absolute atomic E-state index is 0.273. The molecule has 0 amide bonds. The normalized spacial score (nSPS) is 17.9. The summed E-state index contributed by atoms with van der Waals surface area (Å²) in [6.07, 6.45) is 7.18. The van der Waals surface area contributed by atoms with E-state index in [1.54, 1.807) is 7.11 Å². The van der Waals surface area contributed by atoms with E-state index in [9.17, 15) is 0 Å². The van der Waals surface area contributed by atoms with Gasteiger partial charge >= 0.3 is 0 Å². The molecule has 1 aromatic heterocycles. The van der Waals surface area contributed by atoms with Crippen molar-refractivity contribution in [3.05, 3.63) is 17.7 Å². The molecule has 0 fully saturated rings. The van der Waals surface area contributed by atoms with Crippen molar-refractivity contribution in [1.29, 1.82) is 0 Å². The molecule has 1 atom stereocenters. The quantitative estimate of drug-likeness (QED) is 0.733. The highest BCUT2D eigenvalue weighted by Crippen LogP contribution is 2.20. The van der Waals surface area contributed by atoms with Gasteiger partial charge in [0, 0.05) is 19.3 Å². The van der Waals surface area contributed by atoms with Gasteiger partial charge in [0.2, 0.25) is 0 Å². The molecule has 0 spiro atoms. The zero-order valence-corrected chi connectivity index (χ0v) is 8.99. The Morgan fingerprint density at radius 1 is 1.50 bits per heavy atom. The molecule has 0 aromatic carbocycles. The van der Waals surface area contributed by atoms with Gasteiger partial charge in [0.05, 0.1) is 18.1 Å².